The Labute approximate surface area is 217 Å². The Kier molecular flexibility index (Phi) is 10.5. The minimum atomic E-state index is -1.80. The molecule has 0 aliphatic heterocycles. The number of carbonyl (C=O) groups is 3. The number of hydroxylamine groups is 2. The van der Waals surface area contributed by atoms with Crippen LogP contribution < -0.4 is 10.6 Å². The van der Waals surface area contributed by atoms with Crippen molar-refractivity contribution in [2.75, 3.05) is 6.54 Å². The van der Waals surface area contributed by atoms with Gasteiger partial charge in [-0.25, -0.2) is 5.06 Å². The van der Waals surface area contributed by atoms with Gasteiger partial charge in [0.15, 0.2) is 0 Å². The van der Waals surface area contributed by atoms with Gasteiger partial charge in [0.05, 0.1) is 12.5 Å². The van der Waals surface area contributed by atoms with E-state index in [2.05, 4.69) is 10.6 Å². The number of benzene rings is 2. The summed E-state index contributed by atoms with van der Waals surface area (Å²) in [5.41, 5.74) is 0.637. The maximum absolute atomic E-state index is 13.5. The number of nitrogens with zero attached hydrogens (tertiary/aromatic N) is 1. The highest BCUT2D eigenvalue weighted by Crippen LogP contribution is 2.28. The van der Waals surface area contributed by atoms with Gasteiger partial charge in [-0.1, -0.05) is 88.7 Å². The number of rotatable bonds is 10. The Morgan fingerprint density at radius 1 is 0.972 bits per heavy atom. The summed E-state index contributed by atoms with van der Waals surface area (Å²) in [6, 6.07) is 14.3. The largest absolute Gasteiger partial charge is 0.383 e. The molecule has 0 radical (unpaired) electrons. The second kappa shape index (κ2) is 12.9. The molecule has 2 aromatic rings. The summed E-state index contributed by atoms with van der Waals surface area (Å²) in [5, 5.41) is 27.4. The zero-order valence-electron chi connectivity index (χ0n) is 21.4. The maximum Gasteiger partial charge on any atom is 0.276 e. The van der Waals surface area contributed by atoms with Crippen LogP contribution in [-0.2, 0) is 14.4 Å². The Bertz CT molecular complexity index is 1020. The number of amides is 3. The zero-order valence-corrected chi connectivity index (χ0v) is 22.1. The highest BCUT2D eigenvalue weighted by molar-refractivity contribution is 6.30. The standard InChI is InChI=1S/C27H36ClN3O5/c1-17(2)16-29-22(33)15-21(32)26(35)31(36)24(27(3,4)5)25(34)30-23(18-9-7-6-8-10-18)19-11-13-20(28)14-12-19/h6-14,17,21,23-24,32,36H,15-16H2,1-5H3,(H,29,33)(H,30,34)/t21-,23?,24-/m1/s1. The number of hydrogen-bond donors (Lipinski definition) is 4. The van der Waals surface area contributed by atoms with Gasteiger partial charge in [0.25, 0.3) is 5.91 Å². The lowest BCUT2D eigenvalue weighted by atomic mass is 9.85. The second-order valence-corrected chi connectivity index (χ2v) is 10.7. The van der Waals surface area contributed by atoms with Crippen molar-refractivity contribution in [3.05, 3.63) is 70.7 Å². The third-order valence-corrected chi connectivity index (χ3v) is 5.79. The molecule has 0 aliphatic carbocycles. The van der Waals surface area contributed by atoms with Crippen molar-refractivity contribution in [1.82, 2.24) is 15.7 Å². The molecule has 0 saturated heterocycles. The lowest BCUT2D eigenvalue weighted by molar-refractivity contribution is -0.197. The summed E-state index contributed by atoms with van der Waals surface area (Å²) in [4.78, 5) is 38.4. The first-order valence-corrected chi connectivity index (χ1v) is 12.3. The van der Waals surface area contributed by atoms with Crippen molar-refractivity contribution >= 4 is 29.3 Å². The Balaban J connectivity index is 2.27. The van der Waals surface area contributed by atoms with Crippen molar-refractivity contribution in [3.63, 3.8) is 0 Å². The number of hydrogen-bond acceptors (Lipinski definition) is 5. The predicted molar refractivity (Wildman–Crippen MR) is 138 cm³/mol. The van der Waals surface area contributed by atoms with Gasteiger partial charge in [-0.2, -0.15) is 0 Å². The highest BCUT2D eigenvalue weighted by Gasteiger charge is 2.41. The van der Waals surface area contributed by atoms with Crippen molar-refractivity contribution in [2.45, 2.75) is 59.2 Å². The van der Waals surface area contributed by atoms with E-state index in [0.717, 1.165) is 11.1 Å². The zero-order chi connectivity index (χ0) is 27.0. The SMILES string of the molecule is CC(C)CNC(=O)C[C@@H](O)C(=O)N(O)[C@H](C(=O)NC(c1ccccc1)c1ccc(Cl)cc1)C(C)(C)C. The third-order valence-electron chi connectivity index (χ3n) is 5.53. The third kappa shape index (κ3) is 8.33. The minimum Gasteiger partial charge on any atom is -0.383 e. The Hall–Kier alpha value is -2.94. The molecule has 0 aromatic heterocycles. The van der Waals surface area contributed by atoms with Crippen LogP contribution in [0.5, 0.6) is 0 Å². The molecule has 3 amide bonds. The van der Waals surface area contributed by atoms with Gasteiger partial charge in [-0.05, 0) is 34.6 Å². The van der Waals surface area contributed by atoms with Crippen LogP contribution in [0.1, 0.15) is 58.2 Å². The van der Waals surface area contributed by atoms with E-state index in [4.69, 9.17) is 11.6 Å². The van der Waals surface area contributed by atoms with Gasteiger partial charge in [0.2, 0.25) is 11.8 Å². The molecule has 0 fully saturated rings. The molecule has 9 heteroatoms. The summed E-state index contributed by atoms with van der Waals surface area (Å²) in [5.74, 6) is -2.09. The number of halogens is 1. The van der Waals surface area contributed by atoms with Crippen LogP contribution in [0, 0.1) is 11.3 Å². The summed E-state index contributed by atoms with van der Waals surface area (Å²) in [6.45, 7) is 9.29. The Morgan fingerprint density at radius 3 is 2.06 bits per heavy atom. The molecular weight excluding hydrogens is 482 g/mol. The number of nitrogens with one attached hydrogen (secondary N) is 2. The van der Waals surface area contributed by atoms with Crippen LogP contribution in [0.25, 0.3) is 0 Å². The average molecular weight is 518 g/mol. The molecule has 2 aromatic carbocycles. The van der Waals surface area contributed by atoms with Gasteiger partial charge in [0.1, 0.15) is 12.1 Å². The minimum absolute atomic E-state index is 0.198. The van der Waals surface area contributed by atoms with E-state index in [0.29, 0.717) is 11.6 Å². The molecule has 0 aliphatic rings. The van der Waals surface area contributed by atoms with Crippen LogP contribution in [0.15, 0.2) is 54.6 Å². The van der Waals surface area contributed by atoms with Crippen LogP contribution in [0.3, 0.4) is 0 Å². The lowest BCUT2D eigenvalue weighted by Crippen LogP contribution is -2.57. The van der Waals surface area contributed by atoms with Crippen LogP contribution >= 0.6 is 11.6 Å². The number of carbonyl (C=O) groups excluding carboxylic acids is 3. The van der Waals surface area contributed by atoms with Gasteiger partial charge in [0, 0.05) is 11.6 Å². The summed E-state index contributed by atoms with van der Waals surface area (Å²) in [7, 11) is 0. The highest BCUT2D eigenvalue weighted by atomic mass is 35.5. The van der Waals surface area contributed by atoms with Gasteiger partial charge in [-0.15, -0.1) is 0 Å². The average Bonchev–Trinajstić information content (AvgIpc) is 2.81. The normalized spacial score (nSPS) is 14.0. The molecule has 3 atom stereocenters. The van der Waals surface area contributed by atoms with E-state index in [1.165, 1.54) is 0 Å². The van der Waals surface area contributed by atoms with Crippen molar-refractivity contribution in [2.24, 2.45) is 11.3 Å². The van der Waals surface area contributed by atoms with E-state index in [-0.39, 0.29) is 11.0 Å². The van der Waals surface area contributed by atoms with Crippen molar-refractivity contribution < 1.29 is 24.7 Å². The monoisotopic (exact) mass is 517 g/mol. The molecule has 0 heterocycles. The molecule has 0 bridgehead atoms. The smallest absolute Gasteiger partial charge is 0.276 e. The van der Waals surface area contributed by atoms with E-state index in [9.17, 15) is 24.7 Å². The predicted octanol–water partition coefficient (Wildman–Crippen LogP) is 3.70. The van der Waals surface area contributed by atoms with Gasteiger partial charge in [-0.3, -0.25) is 19.6 Å². The maximum atomic E-state index is 13.5. The molecule has 8 nitrogen and oxygen atoms in total. The molecule has 0 saturated carbocycles. The molecule has 36 heavy (non-hydrogen) atoms. The topological polar surface area (TPSA) is 119 Å². The molecule has 1 unspecified atom stereocenters. The van der Waals surface area contributed by atoms with Crippen LogP contribution in [-0.4, -0.2) is 51.8 Å². The fraction of sp³-hybridized carbons (Fsp3) is 0.444. The van der Waals surface area contributed by atoms with E-state index in [1.54, 1.807) is 45.0 Å². The van der Waals surface area contributed by atoms with Crippen molar-refractivity contribution in [1.29, 1.82) is 0 Å². The number of aliphatic hydroxyl groups is 1. The number of aliphatic hydroxyl groups excluding tert-OH is 1. The molecule has 0 spiro atoms. The quantitative estimate of drug-likeness (QED) is 0.283. The van der Waals surface area contributed by atoms with E-state index >= 15 is 0 Å². The van der Waals surface area contributed by atoms with Crippen molar-refractivity contribution in [3.8, 4) is 0 Å². The molecule has 196 valence electrons. The van der Waals surface area contributed by atoms with Crippen LogP contribution in [0.4, 0.5) is 0 Å². The fourth-order valence-electron chi connectivity index (χ4n) is 3.69. The Morgan fingerprint density at radius 2 is 1.53 bits per heavy atom. The summed E-state index contributed by atoms with van der Waals surface area (Å²) < 4.78 is 0. The first-order chi connectivity index (χ1) is 16.8. The lowest BCUT2D eigenvalue weighted by Gasteiger charge is -2.36. The fourth-order valence-corrected chi connectivity index (χ4v) is 3.81. The van der Waals surface area contributed by atoms with Crippen LogP contribution in [0.2, 0.25) is 5.02 Å². The molecular formula is C27H36ClN3O5. The second-order valence-electron chi connectivity index (χ2n) is 10.3. The first-order valence-electron chi connectivity index (χ1n) is 11.9. The van der Waals surface area contributed by atoms with Gasteiger partial charge >= 0.3 is 0 Å². The van der Waals surface area contributed by atoms with Gasteiger partial charge < -0.3 is 15.7 Å². The summed E-state index contributed by atoms with van der Waals surface area (Å²) >= 11 is 6.04. The van der Waals surface area contributed by atoms with E-state index in [1.807, 2.05) is 44.2 Å². The first kappa shape index (κ1) is 29.3. The summed E-state index contributed by atoms with van der Waals surface area (Å²) in [6.07, 6.45) is -2.33. The molecule has 4 N–H and O–H groups in total. The van der Waals surface area contributed by atoms with E-state index < -0.39 is 47.7 Å². The molecule has 2 rings (SSSR count).